The molecule has 3 heterocycles. The zero-order chi connectivity index (χ0) is 22.5. The average Bonchev–Trinajstić information content (AvgIpc) is 3.46. The van der Waals surface area contributed by atoms with E-state index in [2.05, 4.69) is 20.5 Å². The number of carbonyl (C=O) groups is 1. The average molecular weight is 458 g/mol. The summed E-state index contributed by atoms with van der Waals surface area (Å²) in [4.78, 5) is 23.5. The summed E-state index contributed by atoms with van der Waals surface area (Å²) in [5.74, 6) is 1.06. The van der Waals surface area contributed by atoms with E-state index in [0.717, 1.165) is 18.4 Å². The molecule has 2 aromatic rings. The molecule has 1 saturated heterocycles. The van der Waals surface area contributed by atoms with Crippen LogP contribution in [0.5, 0.6) is 0 Å². The third-order valence-electron chi connectivity index (χ3n) is 5.82. The highest BCUT2D eigenvalue weighted by atomic mass is 32.2. The molecular formula is C22H27N5O4S. The van der Waals surface area contributed by atoms with Crippen LogP contribution in [0, 0.1) is 0 Å². The Morgan fingerprint density at radius 1 is 1.06 bits per heavy atom. The van der Waals surface area contributed by atoms with E-state index in [1.807, 2.05) is 26.0 Å². The number of anilines is 2. The van der Waals surface area contributed by atoms with Gasteiger partial charge < -0.3 is 20.3 Å². The van der Waals surface area contributed by atoms with Crippen LogP contribution in [0.2, 0.25) is 0 Å². The minimum atomic E-state index is -3.23. The van der Waals surface area contributed by atoms with Crippen LogP contribution >= 0.6 is 0 Å². The van der Waals surface area contributed by atoms with Crippen LogP contribution < -0.4 is 15.5 Å². The first-order valence-electron chi connectivity index (χ1n) is 10.9. The maximum absolute atomic E-state index is 12.4. The van der Waals surface area contributed by atoms with Crippen LogP contribution in [0.25, 0.3) is 11.4 Å². The van der Waals surface area contributed by atoms with E-state index in [0.29, 0.717) is 41.7 Å². The molecule has 2 aliphatic heterocycles. The quantitative estimate of drug-likeness (QED) is 0.725. The summed E-state index contributed by atoms with van der Waals surface area (Å²) in [6, 6.07) is 7.35. The third kappa shape index (κ3) is 4.56. The number of amides is 2. The van der Waals surface area contributed by atoms with Crippen molar-refractivity contribution in [1.82, 2.24) is 15.3 Å². The second-order valence-corrected chi connectivity index (χ2v) is 11.0. The molecule has 2 atom stereocenters. The van der Waals surface area contributed by atoms with E-state index in [1.54, 1.807) is 12.1 Å². The SMILES string of the molecule is CC1CN(c2nc(-c3ccc(NC(=O)NC4CC4)cc3)nc3c2CS(=O)(=O)C3)CC(C)O1. The van der Waals surface area contributed by atoms with Gasteiger partial charge >= 0.3 is 6.03 Å². The van der Waals surface area contributed by atoms with Crippen LogP contribution in [0.15, 0.2) is 24.3 Å². The van der Waals surface area contributed by atoms with Crippen LogP contribution in [-0.4, -0.2) is 55.8 Å². The van der Waals surface area contributed by atoms with Crippen molar-refractivity contribution in [2.45, 2.75) is 56.4 Å². The van der Waals surface area contributed by atoms with Gasteiger partial charge in [0.2, 0.25) is 0 Å². The fourth-order valence-corrected chi connectivity index (χ4v) is 5.78. The molecule has 1 aromatic carbocycles. The molecule has 1 aromatic heterocycles. The molecular weight excluding hydrogens is 430 g/mol. The first-order valence-corrected chi connectivity index (χ1v) is 12.8. The Morgan fingerprint density at radius 2 is 1.75 bits per heavy atom. The maximum atomic E-state index is 12.4. The largest absolute Gasteiger partial charge is 0.372 e. The number of ether oxygens (including phenoxy) is 1. The van der Waals surface area contributed by atoms with Crippen molar-refractivity contribution in [2.75, 3.05) is 23.3 Å². The van der Waals surface area contributed by atoms with Gasteiger partial charge in [-0.05, 0) is 51.0 Å². The number of hydrogen-bond acceptors (Lipinski definition) is 7. The normalized spacial score (nSPS) is 24.1. The van der Waals surface area contributed by atoms with E-state index in [-0.39, 0.29) is 35.8 Å². The van der Waals surface area contributed by atoms with Crippen molar-refractivity contribution < 1.29 is 17.9 Å². The summed E-state index contributed by atoms with van der Waals surface area (Å²) < 4.78 is 30.6. The van der Waals surface area contributed by atoms with Gasteiger partial charge in [-0.1, -0.05) is 0 Å². The van der Waals surface area contributed by atoms with Crippen LogP contribution in [0.4, 0.5) is 16.3 Å². The van der Waals surface area contributed by atoms with Crippen molar-refractivity contribution in [3.63, 3.8) is 0 Å². The highest BCUT2D eigenvalue weighted by Crippen LogP contribution is 2.34. The number of hydrogen-bond donors (Lipinski definition) is 2. The number of benzene rings is 1. The van der Waals surface area contributed by atoms with Crippen molar-refractivity contribution in [3.8, 4) is 11.4 Å². The molecule has 0 radical (unpaired) electrons. The Balaban J connectivity index is 1.44. The van der Waals surface area contributed by atoms with Gasteiger partial charge in [0.25, 0.3) is 0 Å². The lowest BCUT2D eigenvalue weighted by atomic mass is 10.1. The van der Waals surface area contributed by atoms with Crippen molar-refractivity contribution in [1.29, 1.82) is 0 Å². The minimum Gasteiger partial charge on any atom is -0.372 e. The Morgan fingerprint density at radius 3 is 2.41 bits per heavy atom. The number of sulfone groups is 1. The zero-order valence-corrected chi connectivity index (χ0v) is 19.0. The Hall–Kier alpha value is -2.72. The molecule has 32 heavy (non-hydrogen) atoms. The lowest BCUT2D eigenvalue weighted by Gasteiger charge is -2.37. The number of carbonyl (C=O) groups excluding carboxylic acids is 1. The van der Waals surface area contributed by atoms with Crippen LogP contribution in [0.1, 0.15) is 37.9 Å². The molecule has 2 unspecified atom stereocenters. The van der Waals surface area contributed by atoms with Gasteiger partial charge in [0.1, 0.15) is 5.82 Å². The third-order valence-corrected chi connectivity index (χ3v) is 7.27. The number of nitrogens with zero attached hydrogens (tertiary/aromatic N) is 3. The topological polar surface area (TPSA) is 114 Å². The number of morpholine rings is 1. The van der Waals surface area contributed by atoms with Crippen molar-refractivity contribution in [3.05, 3.63) is 35.5 Å². The predicted octanol–water partition coefficient (Wildman–Crippen LogP) is 2.47. The fraction of sp³-hybridized carbons (Fsp3) is 0.500. The van der Waals surface area contributed by atoms with E-state index in [9.17, 15) is 13.2 Å². The maximum Gasteiger partial charge on any atom is 0.319 e. The monoisotopic (exact) mass is 457 g/mol. The molecule has 1 aliphatic carbocycles. The van der Waals surface area contributed by atoms with Gasteiger partial charge in [-0.15, -0.1) is 0 Å². The smallest absolute Gasteiger partial charge is 0.319 e. The summed E-state index contributed by atoms with van der Waals surface area (Å²) in [6.45, 7) is 5.30. The lowest BCUT2D eigenvalue weighted by Crippen LogP contribution is -2.46. The number of nitrogens with one attached hydrogen (secondary N) is 2. The number of aromatic nitrogens is 2. The Kier molecular flexibility index (Phi) is 5.29. The molecule has 9 nitrogen and oxygen atoms in total. The summed E-state index contributed by atoms with van der Waals surface area (Å²) in [5.41, 5.74) is 2.71. The zero-order valence-electron chi connectivity index (χ0n) is 18.2. The molecule has 0 bridgehead atoms. The highest BCUT2D eigenvalue weighted by Gasteiger charge is 2.34. The molecule has 2 fully saturated rings. The summed E-state index contributed by atoms with van der Waals surface area (Å²) in [7, 11) is -3.23. The molecule has 170 valence electrons. The summed E-state index contributed by atoms with van der Waals surface area (Å²) in [5, 5.41) is 5.71. The van der Waals surface area contributed by atoms with E-state index >= 15 is 0 Å². The Bertz CT molecular complexity index is 1140. The standard InChI is InChI=1S/C22H27N5O4S/c1-13-9-27(10-14(2)31-13)21-18-11-32(29,30)12-19(18)25-20(26-21)15-3-5-16(6-4-15)23-22(28)24-17-7-8-17/h3-6,13-14,17H,7-12H2,1-2H3,(H2,23,24,28). The van der Waals surface area contributed by atoms with E-state index < -0.39 is 9.84 Å². The first-order chi connectivity index (χ1) is 15.3. The second kappa shape index (κ2) is 8.00. The van der Waals surface area contributed by atoms with Crippen molar-refractivity contribution >= 4 is 27.4 Å². The summed E-state index contributed by atoms with van der Waals surface area (Å²) >= 11 is 0. The summed E-state index contributed by atoms with van der Waals surface area (Å²) in [6.07, 6.45) is 2.11. The predicted molar refractivity (Wildman–Crippen MR) is 121 cm³/mol. The molecule has 0 spiro atoms. The highest BCUT2D eigenvalue weighted by molar-refractivity contribution is 7.90. The van der Waals surface area contributed by atoms with Crippen molar-refractivity contribution in [2.24, 2.45) is 0 Å². The van der Waals surface area contributed by atoms with Gasteiger partial charge in [0, 0.05) is 35.9 Å². The van der Waals surface area contributed by atoms with Crippen LogP contribution in [0.3, 0.4) is 0 Å². The lowest BCUT2D eigenvalue weighted by molar-refractivity contribution is -0.00550. The van der Waals surface area contributed by atoms with Gasteiger partial charge in [0.05, 0.1) is 29.4 Å². The van der Waals surface area contributed by atoms with Gasteiger partial charge in [0.15, 0.2) is 15.7 Å². The molecule has 3 aliphatic rings. The number of rotatable bonds is 4. The fourth-order valence-electron chi connectivity index (χ4n) is 4.29. The molecule has 5 rings (SSSR count). The number of urea groups is 1. The first kappa shape index (κ1) is 21.1. The molecule has 1 saturated carbocycles. The van der Waals surface area contributed by atoms with Crippen LogP contribution in [-0.2, 0) is 26.1 Å². The molecule has 10 heteroatoms. The number of fused-ring (bicyclic) bond motifs is 1. The second-order valence-electron chi connectivity index (χ2n) is 8.94. The van der Waals surface area contributed by atoms with Gasteiger partial charge in [-0.25, -0.2) is 23.2 Å². The van der Waals surface area contributed by atoms with Gasteiger partial charge in [-0.3, -0.25) is 0 Å². The molecule has 2 N–H and O–H groups in total. The van der Waals surface area contributed by atoms with Gasteiger partial charge in [-0.2, -0.15) is 0 Å². The van der Waals surface area contributed by atoms with E-state index in [4.69, 9.17) is 9.72 Å². The Labute approximate surface area is 187 Å². The minimum absolute atomic E-state index is 0.0259. The molecule has 2 amide bonds. The van der Waals surface area contributed by atoms with E-state index in [1.165, 1.54) is 0 Å².